The molecule has 38 heavy (non-hydrogen) atoms. The van der Waals surface area contributed by atoms with Gasteiger partial charge in [0.05, 0.1) is 15.1 Å². The number of carbonyl (C=O) groups excluding carboxylic acids is 1. The van der Waals surface area contributed by atoms with Crippen LogP contribution < -0.4 is 4.90 Å². The van der Waals surface area contributed by atoms with Crippen LogP contribution in [0.4, 0.5) is 5.13 Å². The number of thiazole rings is 1. The van der Waals surface area contributed by atoms with Crippen LogP contribution in [0.1, 0.15) is 22.8 Å². The lowest BCUT2D eigenvalue weighted by molar-refractivity contribution is 0.0985. The first kappa shape index (κ1) is 28.3. The fraction of sp³-hybridized carbons (Fsp3) is 0.286. The number of amides is 1. The van der Waals surface area contributed by atoms with E-state index in [9.17, 15) is 13.2 Å². The second-order valence-corrected chi connectivity index (χ2v) is 12.8. The molecule has 4 aromatic rings. The van der Waals surface area contributed by atoms with Crippen molar-refractivity contribution in [1.82, 2.24) is 14.2 Å². The molecular formula is C28H32N4O3S3. The van der Waals surface area contributed by atoms with E-state index >= 15 is 0 Å². The molecule has 4 rings (SSSR count). The van der Waals surface area contributed by atoms with Gasteiger partial charge in [-0.25, -0.2) is 13.4 Å². The molecule has 0 aliphatic carbocycles. The van der Waals surface area contributed by atoms with Crippen LogP contribution in [0.5, 0.6) is 0 Å². The number of nitrogens with zero attached hydrogens (tertiary/aromatic N) is 4. The zero-order chi connectivity index (χ0) is 27.3. The molecular weight excluding hydrogens is 537 g/mol. The Bertz CT molecular complexity index is 1490. The first-order valence-corrected chi connectivity index (χ1v) is 15.8. The van der Waals surface area contributed by atoms with Crippen LogP contribution in [0.2, 0.25) is 0 Å². The molecule has 0 spiro atoms. The molecule has 0 bridgehead atoms. The largest absolute Gasteiger partial charge is 0.308 e. The number of likely N-dealkylation sites (N-methyl/N-ethyl adjacent to an activating group) is 1. The summed E-state index contributed by atoms with van der Waals surface area (Å²) < 4.78 is 29.2. The average Bonchev–Trinajstić information content (AvgIpc) is 3.36. The van der Waals surface area contributed by atoms with E-state index in [0.717, 1.165) is 20.7 Å². The van der Waals surface area contributed by atoms with Crippen LogP contribution in [0.25, 0.3) is 10.2 Å². The van der Waals surface area contributed by atoms with Crippen molar-refractivity contribution < 1.29 is 13.2 Å². The Balaban J connectivity index is 1.61. The van der Waals surface area contributed by atoms with Gasteiger partial charge >= 0.3 is 0 Å². The standard InChI is InChI=1S/C28H32N4O3S3/c1-5-31(20-21-10-7-6-8-11-21)38(34,35)23-16-14-22(15-17-23)27(33)32(19-18-30(2)3)28-29-26-24(36-4)12-9-13-25(26)37-28/h6-17H,5,18-20H2,1-4H3. The summed E-state index contributed by atoms with van der Waals surface area (Å²) in [6.07, 6.45) is 2.01. The normalized spacial score (nSPS) is 11.9. The minimum absolute atomic E-state index is 0.163. The van der Waals surface area contributed by atoms with Gasteiger partial charge in [0.15, 0.2) is 5.13 Å². The number of para-hydroxylation sites is 1. The third-order valence-corrected chi connectivity index (χ3v) is 9.88. The molecule has 0 fully saturated rings. The number of fused-ring (bicyclic) bond motifs is 1. The van der Waals surface area contributed by atoms with Gasteiger partial charge in [0.1, 0.15) is 0 Å². The van der Waals surface area contributed by atoms with Gasteiger partial charge in [-0.1, -0.05) is 54.7 Å². The van der Waals surface area contributed by atoms with Crippen LogP contribution >= 0.6 is 23.1 Å². The van der Waals surface area contributed by atoms with Gasteiger partial charge in [-0.2, -0.15) is 4.31 Å². The molecule has 1 heterocycles. The first-order valence-electron chi connectivity index (χ1n) is 12.3. The minimum Gasteiger partial charge on any atom is -0.308 e. The molecule has 7 nitrogen and oxygen atoms in total. The highest BCUT2D eigenvalue weighted by Crippen LogP contribution is 2.34. The lowest BCUT2D eigenvalue weighted by atomic mass is 10.2. The Morgan fingerprint density at radius 2 is 1.66 bits per heavy atom. The SMILES string of the molecule is CCN(Cc1ccccc1)S(=O)(=O)c1ccc(C(=O)N(CCN(C)C)c2nc3c(SC)cccc3s2)cc1. The molecule has 1 aromatic heterocycles. The van der Waals surface area contributed by atoms with Crippen LogP contribution in [-0.4, -0.2) is 68.5 Å². The number of benzene rings is 3. The maximum atomic E-state index is 13.7. The van der Waals surface area contributed by atoms with E-state index in [1.54, 1.807) is 28.8 Å². The minimum atomic E-state index is -3.72. The van der Waals surface area contributed by atoms with Gasteiger partial charge < -0.3 is 4.90 Å². The Labute approximate surface area is 233 Å². The molecule has 0 aliphatic heterocycles. The van der Waals surface area contributed by atoms with E-state index in [1.807, 2.05) is 80.7 Å². The van der Waals surface area contributed by atoms with Crippen LogP contribution in [-0.2, 0) is 16.6 Å². The van der Waals surface area contributed by atoms with Crippen molar-refractivity contribution in [2.24, 2.45) is 0 Å². The van der Waals surface area contributed by atoms with Crippen molar-refractivity contribution in [3.8, 4) is 0 Å². The molecule has 0 atom stereocenters. The van der Waals surface area contributed by atoms with Crippen molar-refractivity contribution in [3.05, 3.63) is 83.9 Å². The summed E-state index contributed by atoms with van der Waals surface area (Å²) in [6, 6.07) is 21.8. The number of carbonyl (C=O) groups is 1. The summed E-state index contributed by atoms with van der Waals surface area (Å²) in [5.74, 6) is -0.211. The number of rotatable bonds is 11. The zero-order valence-electron chi connectivity index (χ0n) is 22.0. The zero-order valence-corrected chi connectivity index (χ0v) is 24.4. The number of aromatic nitrogens is 1. The number of thioether (sulfide) groups is 1. The predicted octanol–water partition coefficient (Wildman–Crippen LogP) is 5.44. The lowest BCUT2D eigenvalue weighted by Gasteiger charge is -2.23. The van der Waals surface area contributed by atoms with Crippen molar-refractivity contribution in [2.75, 3.05) is 44.9 Å². The van der Waals surface area contributed by atoms with Crippen molar-refractivity contribution in [3.63, 3.8) is 0 Å². The van der Waals surface area contributed by atoms with E-state index in [2.05, 4.69) is 0 Å². The highest BCUT2D eigenvalue weighted by molar-refractivity contribution is 7.98. The van der Waals surface area contributed by atoms with Gasteiger partial charge in [-0.15, -0.1) is 11.8 Å². The summed E-state index contributed by atoms with van der Waals surface area (Å²) in [6.45, 7) is 3.57. The fourth-order valence-electron chi connectivity index (χ4n) is 4.00. The lowest BCUT2D eigenvalue weighted by Crippen LogP contribution is -2.36. The average molecular weight is 569 g/mol. The summed E-state index contributed by atoms with van der Waals surface area (Å²) in [4.78, 5) is 23.4. The quantitative estimate of drug-likeness (QED) is 0.225. The maximum absolute atomic E-state index is 13.7. The summed E-state index contributed by atoms with van der Waals surface area (Å²) in [5, 5.41) is 0.630. The third-order valence-electron chi connectivity index (χ3n) is 6.13. The number of anilines is 1. The van der Waals surface area contributed by atoms with E-state index in [4.69, 9.17) is 4.98 Å². The van der Waals surface area contributed by atoms with Crippen LogP contribution in [0.3, 0.4) is 0 Å². The van der Waals surface area contributed by atoms with Gasteiger partial charge in [-0.3, -0.25) is 9.69 Å². The molecule has 0 saturated heterocycles. The molecule has 200 valence electrons. The number of sulfonamides is 1. The van der Waals surface area contributed by atoms with Crippen LogP contribution in [0, 0.1) is 0 Å². The third kappa shape index (κ3) is 6.27. The Morgan fingerprint density at radius 1 is 0.947 bits per heavy atom. The fourth-order valence-corrected chi connectivity index (χ4v) is 7.09. The Kier molecular flexibility index (Phi) is 9.22. The molecule has 0 N–H and O–H groups in total. The van der Waals surface area contributed by atoms with Crippen molar-refractivity contribution in [1.29, 1.82) is 0 Å². The number of hydrogen-bond acceptors (Lipinski definition) is 7. The first-order chi connectivity index (χ1) is 18.2. The van der Waals surface area contributed by atoms with Crippen molar-refractivity contribution >= 4 is 54.4 Å². The molecule has 1 amide bonds. The molecule has 0 aliphatic rings. The molecule has 10 heteroatoms. The van der Waals surface area contributed by atoms with Gasteiger partial charge in [0.2, 0.25) is 10.0 Å². The van der Waals surface area contributed by atoms with E-state index < -0.39 is 10.0 Å². The van der Waals surface area contributed by atoms with E-state index in [-0.39, 0.29) is 17.3 Å². The van der Waals surface area contributed by atoms with E-state index in [1.165, 1.54) is 27.8 Å². The van der Waals surface area contributed by atoms with Crippen LogP contribution in [0.15, 0.2) is 82.6 Å². The Morgan fingerprint density at radius 3 is 2.29 bits per heavy atom. The highest BCUT2D eigenvalue weighted by Gasteiger charge is 2.26. The monoisotopic (exact) mass is 568 g/mol. The summed E-state index contributed by atoms with van der Waals surface area (Å²) in [5.41, 5.74) is 2.22. The smallest absolute Gasteiger partial charge is 0.260 e. The van der Waals surface area contributed by atoms with Gasteiger partial charge in [-0.05, 0) is 62.3 Å². The Hall–Kier alpha value is -2.76. The maximum Gasteiger partial charge on any atom is 0.260 e. The summed E-state index contributed by atoms with van der Waals surface area (Å²) in [7, 11) is 0.198. The van der Waals surface area contributed by atoms with E-state index in [0.29, 0.717) is 30.3 Å². The molecule has 0 radical (unpaired) electrons. The topological polar surface area (TPSA) is 73.8 Å². The molecule has 3 aromatic carbocycles. The molecule has 0 saturated carbocycles. The van der Waals surface area contributed by atoms with Gasteiger partial charge in [0.25, 0.3) is 5.91 Å². The number of hydrogen-bond donors (Lipinski definition) is 0. The molecule has 0 unspecified atom stereocenters. The summed E-state index contributed by atoms with van der Waals surface area (Å²) >= 11 is 3.11. The van der Waals surface area contributed by atoms with Crippen molar-refractivity contribution in [2.45, 2.75) is 23.3 Å². The van der Waals surface area contributed by atoms with Gasteiger partial charge in [0, 0.05) is 36.6 Å². The predicted molar refractivity (Wildman–Crippen MR) is 158 cm³/mol. The second-order valence-electron chi connectivity index (χ2n) is 9.00. The highest BCUT2D eigenvalue weighted by atomic mass is 32.2. The second kappa shape index (κ2) is 12.4.